The predicted octanol–water partition coefficient (Wildman–Crippen LogP) is 0.509. The van der Waals surface area contributed by atoms with Gasteiger partial charge in [-0.2, -0.15) is 0 Å². The number of nitrogens with zero attached hydrogens (tertiary/aromatic N) is 1. The highest BCUT2D eigenvalue weighted by atomic mass is 32.1. The molecule has 0 bridgehead atoms. The van der Waals surface area contributed by atoms with Gasteiger partial charge in [-0.25, -0.2) is 0 Å². The lowest BCUT2D eigenvalue weighted by Gasteiger charge is -2.26. The van der Waals surface area contributed by atoms with Crippen molar-refractivity contribution in [3.8, 4) is 0 Å². The van der Waals surface area contributed by atoms with E-state index in [1.807, 2.05) is 27.8 Å². The fourth-order valence-electron chi connectivity index (χ4n) is 1.07. The molecule has 0 saturated carbocycles. The van der Waals surface area contributed by atoms with Crippen LogP contribution in [0.25, 0.3) is 0 Å². The molecule has 0 spiro atoms. The second-order valence-electron chi connectivity index (χ2n) is 4.42. The Balaban J connectivity index is 3.98. The number of thiocarbonyl (C=S) groups is 1. The summed E-state index contributed by atoms with van der Waals surface area (Å²) in [6.07, 6.45) is 0.901. The summed E-state index contributed by atoms with van der Waals surface area (Å²) in [6, 6.07) is 0. The van der Waals surface area contributed by atoms with Crippen molar-refractivity contribution in [3.05, 3.63) is 0 Å². The third kappa shape index (κ3) is 7.27. The molecular formula is C10H21N3OS. The van der Waals surface area contributed by atoms with Crippen LogP contribution in [0.5, 0.6) is 0 Å². The summed E-state index contributed by atoms with van der Waals surface area (Å²) < 4.78 is 0. The Hall–Kier alpha value is -0.680. The van der Waals surface area contributed by atoms with E-state index in [4.69, 9.17) is 18.0 Å². The molecule has 0 rings (SSSR count). The summed E-state index contributed by atoms with van der Waals surface area (Å²) in [5.74, 6) is 0.000556. The van der Waals surface area contributed by atoms with Crippen LogP contribution in [0, 0.1) is 0 Å². The number of nitrogens with one attached hydrogen (secondary N) is 1. The molecule has 0 aromatic rings. The van der Waals surface area contributed by atoms with Gasteiger partial charge in [-0.3, -0.25) is 9.69 Å². The number of hydrogen-bond donors (Lipinski definition) is 2. The van der Waals surface area contributed by atoms with Crippen molar-refractivity contribution < 1.29 is 4.79 Å². The lowest BCUT2D eigenvalue weighted by molar-refractivity contribution is -0.123. The first-order valence-electron chi connectivity index (χ1n) is 5.04. The van der Waals surface area contributed by atoms with Gasteiger partial charge in [-0.15, -0.1) is 0 Å². The SMILES string of the molecule is CCC(C)(C)NC(=O)CN(C)CC(N)=S. The quantitative estimate of drug-likeness (QED) is 0.654. The van der Waals surface area contributed by atoms with Gasteiger partial charge in [0, 0.05) is 12.1 Å². The molecule has 0 unspecified atom stereocenters. The fraction of sp³-hybridized carbons (Fsp3) is 0.800. The summed E-state index contributed by atoms with van der Waals surface area (Å²) >= 11 is 4.76. The molecule has 15 heavy (non-hydrogen) atoms. The van der Waals surface area contributed by atoms with Crippen molar-refractivity contribution in [3.63, 3.8) is 0 Å². The lowest BCUT2D eigenvalue weighted by Crippen LogP contribution is -2.47. The van der Waals surface area contributed by atoms with Crippen molar-refractivity contribution in [2.24, 2.45) is 5.73 Å². The molecule has 0 fully saturated rings. The van der Waals surface area contributed by atoms with Crippen LogP contribution in [0.2, 0.25) is 0 Å². The Bertz CT molecular complexity index is 241. The summed E-state index contributed by atoms with van der Waals surface area (Å²) in [6.45, 7) is 6.83. The van der Waals surface area contributed by atoms with Crippen molar-refractivity contribution in [1.29, 1.82) is 0 Å². The van der Waals surface area contributed by atoms with E-state index in [2.05, 4.69) is 5.32 Å². The molecular weight excluding hydrogens is 210 g/mol. The summed E-state index contributed by atoms with van der Waals surface area (Å²) in [7, 11) is 1.82. The molecule has 3 N–H and O–H groups in total. The Morgan fingerprint density at radius 2 is 2.00 bits per heavy atom. The maximum atomic E-state index is 11.6. The van der Waals surface area contributed by atoms with Crippen LogP contribution in [0.4, 0.5) is 0 Å². The molecule has 0 aliphatic heterocycles. The number of carbonyl (C=O) groups is 1. The second-order valence-corrected chi connectivity index (χ2v) is 4.95. The maximum Gasteiger partial charge on any atom is 0.234 e. The van der Waals surface area contributed by atoms with Crippen molar-refractivity contribution in [2.45, 2.75) is 32.7 Å². The molecule has 4 nitrogen and oxygen atoms in total. The number of carbonyl (C=O) groups excluding carboxylic acids is 1. The summed E-state index contributed by atoms with van der Waals surface area (Å²) in [5.41, 5.74) is 5.23. The molecule has 88 valence electrons. The predicted molar refractivity (Wildman–Crippen MR) is 66.8 cm³/mol. The van der Waals surface area contributed by atoms with Crippen LogP contribution >= 0.6 is 12.2 Å². The first-order chi connectivity index (χ1) is 6.76. The van der Waals surface area contributed by atoms with E-state index in [1.54, 1.807) is 4.90 Å². The van der Waals surface area contributed by atoms with Crippen molar-refractivity contribution >= 4 is 23.1 Å². The van der Waals surface area contributed by atoms with E-state index in [9.17, 15) is 4.79 Å². The van der Waals surface area contributed by atoms with Gasteiger partial charge in [-0.1, -0.05) is 19.1 Å². The van der Waals surface area contributed by atoms with Crippen LogP contribution in [0.15, 0.2) is 0 Å². The van der Waals surface area contributed by atoms with Crippen LogP contribution in [0.3, 0.4) is 0 Å². The Labute approximate surface area is 97.2 Å². The highest BCUT2D eigenvalue weighted by Crippen LogP contribution is 2.06. The van der Waals surface area contributed by atoms with E-state index >= 15 is 0 Å². The standard InChI is InChI=1S/C10H21N3OS/c1-5-10(2,3)12-9(14)7-13(4)6-8(11)15/h5-7H2,1-4H3,(H2,11,15)(H,12,14). The topological polar surface area (TPSA) is 58.4 Å². The molecule has 0 aromatic carbocycles. The van der Waals surface area contributed by atoms with E-state index in [0.717, 1.165) is 6.42 Å². The first-order valence-corrected chi connectivity index (χ1v) is 5.45. The van der Waals surface area contributed by atoms with Crippen molar-refractivity contribution in [1.82, 2.24) is 10.2 Å². The number of rotatable bonds is 6. The zero-order chi connectivity index (χ0) is 12.1. The maximum absolute atomic E-state index is 11.6. The third-order valence-corrected chi connectivity index (χ3v) is 2.33. The lowest BCUT2D eigenvalue weighted by atomic mass is 10.0. The minimum absolute atomic E-state index is 0.000556. The van der Waals surface area contributed by atoms with Gasteiger partial charge >= 0.3 is 0 Å². The van der Waals surface area contributed by atoms with Crippen LogP contribution in [-0.2, 0) is 4.79 Å². The molecule has 0 heterocycles. The number of likely N-dealkylation sites (N-methyl/N-ethyl adjacent to an activating group) is 1. The highest BCUT2D eigenvalue weighted by molar-refractivity contribution is 7.80. The van der Waals surface area contributed by atoms with Crippen LogP contribution in [-0.4, -0.2) is 41.5 Å². The van der Waals surface area contributed by atoms with Gasteiger partial charge in [-0.05, 0) is 27.3 Å². The molecule has 0 atom stereocenters. The molecule has 0 aliphatic rings. The second kappa shape index (κ2) is 6.02. The molecule has 1 amide bonds. The first kappa shape index (κ1) is 14.3. The van der Waals surface area contributed by atoms with Gasteiger partial charge in [0.2, 0.25) is 5.91 Å². The van der Waals surface area contributed by atoms with E-state index in [1.165, 1.54) is 0 Å². The monoisotopic (exact) mass is 231 g/mol. The minimum Gasteiger partial charge on any atom is -0.392 e. The molecule has 5 heteroatoms. The Kier molecular flexibility index (Phi) is 5.75. The Morgan fingerprint density at radius 3 is 2.40 bits per heavy atom. The van der Waals surface area contributed by atoms with Gasteiger partial charge in [0.15, 0.2) is 0 Å². The smallest absolute Gasteiger partial charge is 0.234 e. The zero-order valence-electron chi connectivity index (χ0n) is 9.96. The molecule has 0 radical (unpaired) electrons. The van der Waals surface area contributed by atoms with E-state index in [-0.39, 0.29) is 11.4 Å². The largest absolute Gasteiger partial charge is 0.392 e. The van der Waals surface area contributed by atoms with Gasteiger partial charge in [0.1, 0.15) is 0 Å². The molecule has 0 saturated heterocycles. The zero-order valence-corrected chi connectivity index (χ0v) is 10.8. The van der Waals surface area contributed by atoms with Gasteiger partial charge in [0.05, 0.1) is 11.5 Å². The van der Waals surface area contributed by atoms with E-state index < -0.39 is 0 Å². The van der Waals surface area contributed by atoms with Gasteiger partial charge in [0.25, 0.3) is 0 Å². The number of nitrogens with two attached hydrogens (primary N) is 1. The highest BCUT2D eigenvalue weighted by Gasteiger charge is 2.18. The average molecular weight is 231 g/mol. The van der Waals surface area contributed by atoms with Crippen molar-refractivity contribution in [2.75, 3.05) is 20.1 Å². The third-order valence-electron chi connectivity index (χ3n) is 2.20. The Morgan fingerprint density at radius 1 is 1.47 bits per heavy atom. The fourth-order valence-corrected chi connectivity index (χ4v) is 1.29. The normalized spacial score (nSPS) is 11.5. The van der Waals surface area contributed by atoms with Crippen LogP contribution < -0.4 is 11.1 Å². The number of amides is 1. The number of hydrogen-bond acceptors (Lipinski definition) is 3. The van der Waals surface area contributed by atoms with E-state index in [0.29, 0.717) is 18.1 Å². The summed E-state index contributed by atoms with van der Waals surface area (Å²) in [4.78, 5) is 13.8. The summed E-state index contributed by atoms with van der Waals surface area (Å²) in [5, 5.41) is 2.95. The average Bonchev–Trinajstić information content (AvgIpc) is 2.00. The van der Waals surface area contributed by atoms with Gasteiger partial charge < -0.3 is 11.1 Å². The van der Waals surface area contributed by atoms with Crippen LogP contribution in [0.1, 0.15) is 27.2 Å². The molecule has 0 aliphatic carbocycles. The molecule has 0 aromatic heterocycles. The minimum atomic E-state index is -0.152.